The Hall–Kier alpha value is -1.92. The molecule has 1 N–H and O–H groups in total. The van der Waals surface area contributed by atoms with E-state index in [1.54, 1.807) is 22.7 Å². The average Bonchev–Trinajstić information content (AvgIpc) is 3.21. The lowest BCUT2D eigenvalue weighted by atomic mass is 10.2. The first-order valence-corrected chi connectivity index (χ1v) is 8.77. The maximum absolute atomic E-state index is 11.8. The van der Waals surface area contributed by atoms with Gasteiger partial charge in [0.2, 0.25) is 11.8 Å². The predicted octanol–water partition coefficient (Wildman–Crippen LogP) is 3.67. The first-order chi connectivity index (χ1) is 10.7. The zero-order valence-electron chi connectivity index (χ0n) is 12.2. The molecule has 0 aliphatic heterocycles. The Morgan fingerprint density at radius 2 is 2.09 bits per heavy atom. The third-order valence-electron chi connectivity index (χ3n) is 3.22. The van der Waals surface area contributed by atoms with E-state index in [-0.39, 0.29) is 5.91 Å². The molecule has 1 amide bonds. The topological polar surface area (TPSA) is 55.1 Å². The molecule has 3 aromatic heterocycles. The molecule has 22 heavy (non-hydrogen) atoms. The number of carbonyl (C=O) groups is 1. The third-order valence-corrected chi connectivity index (χ3v) is 4.96. The molecule has 0 unspecified atom stereocenters. The minimum absolute atomic E-state index is 0.0436. The van der Waals surface area contributed by atoms with Gasteiger partial charge in [0.15, 0.2) is 0 Å². The van der Waals surface area contributed by atoms with E-state index in [4.69, 9.17) is 4.42 Å². The van der Waals surface area contributed by atoms with Crippen LogP contribution in [0.1, 0.15) is 16.3 Å². The van der Waals surface area contributed by atoms with Crippen molar-refractivity contribution >= 4 is 28.6 Å². The van der Waals surface area contributed by atoms with Crippen LogP contribution in [0.25, 0.3) is 10.8 Å². The van der Waals surface area contributed by atoms with Crippen LogP contribution in [0.15, 0.2) is 39.4 Å². The van der Waals surface area contributed by atoms with Crippen LogP contribution >= 0.6 is 22.7 Å². The van der Waals surface area contributed by atoms with E-state index in [0.29, 0.717) is 25.3 Å². The van der Waals surface area contributed by atoms with Crippen molar-refractivity contribution in [3.05, 3.63) is 51.4 Å². The van der Waals surface area contributed by atoms with Crippen molar-refractivity contribution in [3.63, 3.8) is 0 Å². The number of carbonyl (C=O) groups excluding carboxylic acids is 1. The predicted molar refractivity (Wildman–Crippen MR) is 89.3 cm³/mol. The van der Waals surface area contributed by atoms with Gasteiger partial charge >= 0.3 is 0 Å². The van der Waals surface area contributed by atoms with Gasteiger partial charge < -0.3 is 9.73 Å². The Balaban J connectivity index is 1.52. The number of rotatable bonds is 6. The molecule has 6 heteroatoms. The molecule has 0 atom stereocenters. The second-order valence-corrected chi connectivity index (χ2v) is 6.84. The van der Waals surface area contributed by atoms with Crippen molar-refractivity contribution in [3.8, 4) is 10.8 Å². The van der Waals surface area contributed by atoms with Crippen LogP contribution in [0, 0.1) is 6.92 Å². The van der Waals surface area contributed by atoms with Gasteiger partial charge in [-0.3, -0.25) is 4.79 Å². The Labute approximate surface area is 136 Å². The second-order valence-electron chi connectivity index (χ2n) is 4.86. The number of thiophene rings is 2. The van der Waals surface area contributed by atoms with Crippen molar-refractivity contribution < 1.29 is 9.21 Å². The fraction of sp³-hybridized carbons (Fsp3) is 0.250. The molecule has 114 valence electrons. The van der Waals surface area contributed by atoms with Gasteiger partial charge in [-0.2, -0.15) is 0 Å². The Morgan fingerprint density at radius 3 is 2.82 bits per heavy atom. The monoisotopic (exact) mass is 332 g/mol. The highest BCUT2D eigenvalue weighted by molar-refractivity contribution is 7.13. The molecule has 0 radical (unpaired) electrons. The summed E-state index contributed by atoms with van der Waals surface area (Å²) in [5, 5.41) is 6.91. The Morgan fingerprint density at radius 1 is 1.27 bits per heavy atom. The van der Waals surface area contributed by atoms with E-state index in [2.05, 4.69) is 10.3 Å². The highest BCUT2D eigenvalue weighted by Crippen LogP contribution is 2.25. The summed E-state index contributed by atoms with van der Waals surface area (Å²) in [6.45, 7) is 2.48. The largest absolute Gasteiger partial charge is 0.440 e. The second kappa shape index (κ2) is 6.89. The number of hydrogen-bond acceptors (Lipinski definition) is 5. The van der Waals surface area contributed by atoms with E-state index in [0.717, 1.165) is 21.2 Å². The van der Waals surface area contributed by atoms with Crippen LogP contribution in [0.5, 0.6) is 0 Å². The molecule has 3 aromatic rings. The SMILES string of the molecule is Cc1oc(-c2cccs2)nc1CCNC(=O)Cc1cccs1. The number of aromatic nitrogens is 1. The normalized spacial score (nSPS) is 10.8. The molecule has 4 nitrogen and oxygen atoms in total. The number of nitrogens with one attached hydrogen (secondary N) is 1. The zero-order chi connectivity index (χ0) is 15.4. The van der Waals surface area contributed by atoms with Crippen LogP contribution in [-0.2, 0) is 17.6 Å². The van der Waals surface area contributed by atoms with Crippen LogP contribution in [0.3, 0.4) is 0 Å². The van der Waals surface area contributed by atoms with E-state index in [1.807, 2.05) is 41.9 Å². The van der Waals surface area contributed by atoms with Crippen molar-refractivity contribution in [1.29, 1.82) is 0 Å². The zero-order valence-corrected chi connectivity index (χ0v) is 13.8. The smallest absolute Gasteiger partial charge is 0.236 e. The van der Waals surface area contributed by atoms with Crippen LogP contribution < -0.4 is 5.32 Å². The van der Waals surface area contributed by atoms with E-state index < -0.39 is 0 Å². The fourth-order valence-corrected chi connectivity index (χ4v) is 3.47. The lowest BCUT2D eigenvalue weighted by Gasteiger charge is -2.02. The molecule has 0 aliphatic rings. The van der Waals surface area contributed by atoms with E-state index in [1.165, 1.54) is 0 Å². The Kier molecular flexibility index (Phi) is 4.70. The molecule has 0 saturated carbocycles. The molecule has 0 spiro atoms. The quantitative estimate of drug-likeness (QED) is 0.749. The highest BCUT2D eigenvalue weighted by Gasteiger charge is 2.12. The van der Waals surface area contributed by atoms with Gasteiger partial charge in [0.1, 0.15) is 5.76 Å². The number of aryl methyl sites for hydroxylation is 1. The summed E-state index contributed by atoms with van der Waals surface area (Å²) >= 11 is 3.20. The molecular weight excluding hydrogens is 316 g/mol. The van der Waals surface area contributed by atoms with Crippen molar-refractivity contribution in [2.45, 2.75) is 19.8 Å². The van der Waals surface area contributed by atoms with Gasteiger partial charge in [0.25, 0.3) is 0 Å². The van der Waals surface area contributed by atoms with Gasteiger partial charge in [-0.1, -0.05) is 12.1 Å². The molecule has 0 bridgehead atoms. The van der Waals surface area contributed by atoms with Crippen LogP contribution in [0.2, 0.25) is 0 Å². The Bertz CT molecular complexity index is 730. The third kappa shape index (κ3) is 3.64. The molecule has 0 saturated heterocycles. The maximum atomic E-state index is 11.8. The molecule has 3 rings (SSSR count). The summed E-state index contributed by atoms with van der Waals surface area (Å²) in [4.78, 5) is 18.5. The molecular formula is C16H16N2O2S2. The number of hydrogen-bond donors (Lipinski definition) is 1. The number of oxazole rings is 1. The molecule has 0 fully saturated rings. The number of amides is 1. The summed E-state index contributed by atoms with van der Waals surface area (Å²) in [7, 11) is 0. The minimum Gasteiger partial charge on any atom is -0.440 e. The van der Waals surface area contributed by atoms with Gasteiger partial charge in [-0.15, -0.1) is 22.7 Å². The molecule has 0 aliphatic carbocycles. The summed E-state index contributed by atoms with van der Waals surface area (Å²) in [6.07, 6.45) is 1.12. The first kappa shape index (κ1) is 15.0. The van der Waals surface area contributed by atoms with Gasteiger partial charge in [-0.05, 0) is 29.8 Å². The van der Waals surface area contributed by atoms with E-state index in [9.17, 15) is 4.79 Å². The summed E-state index contributed by atoms with van der Waals surface area (Å²) in [5.74, 6) is 1.52. The van der Waals surface area contributed by atoms with E-state index >= 15 is 0 Å². The van der Waals surface area contributed by atoms with Crippen LogP contribution in [0.4, 0.5) is 0 Å². The molecule has 3 heterocycles. The summed E-state index contributed by atoms with van der Waals surface area (Å²) < 4.78 is 5.69. The van der Waals surface area contributed by atoms with Gasteiger partial charge in [0.05, 0.1) is 17.0 Å². The molecule has 0 aromatic carbocycles. The lowest BCUT2D eigenvalue weighted by molar-refractivity contribution is -0.120. The fourth-order valence-electron chi connectivity index (χ4n) is 2.12. The standard InChI is InChI=1S/C16H16N2O2S2/c1-11-13(18-16(20-11)14-5-3-9-22-14)6-7-17-15(19)10-12-4-2-8-21-12/h2-5,8-9H,6-7,10H2,1H3,(H,17,19). The summed E-state index contributed by atoms with van der Waals surface area (Å²) in [6, 6.07) is 7.89. The lowest BCUT2D eigenvalue weighted by Crippen LogP contribution is -2.27. The van der Waals surface area contributed by atoms with Gasteiger partial charge in [0, 0.05) is 17.8 Å². The van der Waals surface area contributed by atoms with Gasteiger partial charge in [-0.25, -0.2) is 4.98 Å². The minimum atomic E-state index is 0.0436. The number of nitrogens with zero attached hydrogens (tertiary/aromatic N) is 1. The average molecular weight is 332 g/mol. The highest BCUT2D eigenvalue weighted by atomic mass is 32.1. The van der Waals surface area contributed by atoms with Crippen molar-refractivity contribution in [1.82, 2.24) is 10.3 Å². The first-order valence-electron chi connectivity index (χ1n) is 7.01. The van der Waals surface area contributed by atoms with Crippen molar-refractivity contribution in [2.24, 2.45) is 0 Å². The summed E-state index contributed by atoms with van der Waals surface area (Å²) in [5.41, 5.74) is 0.903. The van der Waals surface area contributed by atoms with Crippen molar-refractivity contribution in [2.75, 3.05) is 6.54 Å². The van der Waals surface area contributed by atoms with Crippen LogP contribution in [-0.4, -0.2) is 17.4 Å². The maximum Gasteiger partial charge on any atom is 0.236 e.